The zero-order valence-electron chi connectivity index (χ0n) is 9.67. The van der Waals surface area contributed by atoms with E-state index in [4.69, 9.17) is 5.73 Å². The number of anilines is 1. The minimum absolute atomic E-state index is 0.410. The summed E-state index contributed by atoms with van der Waals surface area (Å²) in [5, 5.41) is 0. The molecule has 0 aliphatic rings. The quantitative estimate of drug-likeness (QED) is 0.718. The predicted molar refractivity (Wildman–Crippen MR) is 71.7 cm³/mol. The van der Waals surface area contributed by atoms with E-state index in [2.05, 4.69) is 15.0 Å². The molecule has 0 saturated carbocycles. The van der Waals surface area contributed by atoms with Crippen LogP contribution in [0.4, 0.5) is 5.95 Å². The second-order valence-electron chi connectivity index (χ2n) is 3.95. The van der Waals surface area contributed by atoms with Crippen LogP contribution in [0.15, 0.2) is 54.9 Å². The van der Waals surface area contributed by atoms with Crippen LogP contribution < -0.4 is 5.73 Å². The summed E-state index contributed by atoms with van der Waals surface area (Å²) in [5.74, 6) is 0.410. The van der Waals surface area contributed by atoms with Gasteiger partial charge in [-0.1, -0.05) is 30.3 Å². The van der Waals surface area contributed by atoms with Gasteiger partial charge in [-0.15, -0.1) is 0 Å². The van der Waals surface area contributed by atoms with Crippen molar-refractivity contribution in [3.63, 3.8) is 0 Å². The fourth-order valence-corrected chi connectivity index (χ4v) is 1.92. The van der Waals surface area contributed by atoms with Gasteiger partial charge in [-0.05, 0) is 12.1 Å². The van der Waals surface area contributed by atoms with Crippen LogP contribution in [0.2, 0.25) is 0 Å². The van der Waals surface area contributed by atoms with Crippen molar-refractivity contribution in [2.24, 2.45) is 0 Å². The summed E-state index contributed by atoms with van der Waals surface area (Å²) in [6.07, 6.45) is 3.52. The van der Waals surface area contributed by atoms with Crippen molar-refractivity contribution < 1.29 is 0 Å². The number of aromatic nitrogens is 3. The van der Waals surface area contributed by atoms with Crippen molar-refractivity contribution in [3.8, 4) is 22.5 Å². The van der Waals surface area contributed by atoms with Crippen molar-refractivity contribution in [1.29, 1.82) is 0 Å². The second-order valence-corrected chi connectivity index (χ2v) is 3.95. The number of imidazole rings is 1. The van der Waals surface area contributed by atoms with Gasteiger partial charge in [0.05, 0.1) is 11.4 Å². The Labute approximate surface area is 105 Å². The van der Waals surface area contributed by atoms with Crippen LogP contribution in [0.25, 0.3) is 22.5 Å². The Morgan fingerprint density at radius 2 is 1.72 bits per heavy atom. The van der Waals surface area contributed by atoms with Gasteiger partial charge in [-0.25, -0.2) is 4.98 Å². The fraction of sp³-hybridized carbons (Fsp3) is 0. The molecule has 3 aromatic rings. The molecule has 0 unspecified atom stereocenters. The van der Waals surface area contributed by atoms with Crippen molar-refractivity contribution in [2.75, 3.05) is 5.73 Å². The minimum Gasteiger partial charge on any atom is -0.369 e. The Morgan fingerprint density at radius 3 is 2.44 bits per heavy atom. The normalized spacial score (nSPS) is 10.4. The Balaban J connectivity index is 2.17. The van der Waals surface area contributed by atoms with E-state index in [0.29, 0.717) is 5.95 Å². The van der Waals surface area contributed by atoms with Crippen LogP contribution in [-0.4, -0.2) is 15.0 Å². The van der Waals surface area contributed by atoms with Crippen LogP contribution in [0, 0.1) is 0 Å². The Hall–Kier alpha value is -2.62. The number of H-pyrrole nitrogens is 1. The summed E-state index contributed by atoms with van der Waals surface area (Å²) >= 11 is 0. The van der Waals surface area contributed by atoms with Gasteiger partial charge in [0.25, 0.3) is 0 Å². The fourth-order valence-electron chi connectivity index (χ4n) is 1.92. The Bertz CT molecular complexity index is 587. The molecule has 0 saturated heterocycles. The topological polar surface area (TPSA) is 67.6 Å². The van der Waals surface area contributed by atoms with Crippen LogP contribution in [0.5, 0.6) is 0 Å². The van der Waals surface area contributed by atoms with Crippen molar-refractivity contribution in [1.82, 2.24) is 15.0 Å². The number of nitrogens with zero attached hydrogens (tertiary/aromatic N) is 2. The number of pyridine rings is 1. The van der Waals surface area contributed by atoms with E-state index in [-0.39, 0.29) is 0 Å². The molecule has 0 spiro atoms. The second kappa shape index (κ2) is 4.33. The molecule has 88 valence electrons. The lowest BCUT2D eigenvalue weighted by Gasteiger charge is -2.02. The summed E-state index contributed by atoms with van der Waals surface area (Å²) in [6, 6.07) is 13.8. The lowest BCUT2D eigenvalue weighted by atomic mass is 10.1. The third-order valence-electron chi connectivity index (χ3n) is 2.72. The predicted octanol–water partition coefficient (Wildman–Crippen LogP) is 2.72. The zero-order valence-corrected chi connectivity index (χ0v) is 9.67. The number of hydrogen-bond donors (Lipinski definition) is 2. The summed E-state index contributed by atoms with van der Waals surface area (Å²) < 4.78 is 0. The molecule has 2 aromatic heterocycles. The molecule has 0 aliphatic heterocycles. The zero-order chi connectivity index (χ0) is 12.4. The molecule has 1 aromatic carbocycles. The number of aromatic amines is 1. The van der Waals surface area contributed by atoms with E-state index in [1.807, 2.05) is 42.5 Å². The Morgan fingerprint density at radius 1 is 0.944 bits per heavy atom. The first-order chi connectivity index (χ1) is 8.84. The average molecular weight is 236 g/mol. The monoisotopic (exact) mass is 236 g/mol. The molecule has 4 heteroatoms. The van der Waals surface area contributed by atoms with Crippen molar-refractivity contribution >= 4 is 5.95 Å². The van der Waals surface area contributed by atoms with Gasteiger partial charge in [0.1, 0.15) is 0 Å². The lowest BCUT2D eigenvalue weighted by Crippen LogP contribution is -1.85. The van der Waals surface area contributed by atoms with Gasteiger partial charge >= 0.3 is 0 Å². The molecule has 0 amide bonds. The van der Waals surface area contributed by atoms with Crippen molar-refractivity contribution in [3.05, 3.63) is 54.9 Å². The average Bonchev–Trinajstić information content (AvgIpc) is 2.83. The molecule has 18 heavy (non-hydrogen) atoms. The van der Waals surface area contributed by atoms with E-state index >= 15 is 0 Å². The highest BCUT2D eigenvalue weighted by atomic mass is 15.0. The molecule has 0 aliphatic carbocycles. The first-order valence-electron chi connectivity index (χ1n) is 5.66. The lowest BCUT2D eigenvalue weighted by molar-refractivity contribution is 1.30. The molecule has 0 bridgehead atoms. The highest BCUT2D eigenvalue weighted by molar-refractivity contribution is 5.79. The molecular formula is C14H12N4. The highest BCUT2D eigenvalue weighted by Crippen LogP contribution is 2.29. The third-order valence-corrected chi connectivity index (χ3v) is 2.72. The molecule has 3 N–H and O–H groups in total. The van der Waals surface area contributed by atoms with Gasteiger partial charge in [0, 0.05) is 23.5 Å². The summed E-state index contributed by atoms with van der Waals surface area (Å²) in [7, 11) is 0. The number of nitrogens with one attached hydrogen (secondary N) is 1. The Kier molecular flexibility index (Phi) is 2.53. The number of rotatable bonds is 2. The maximum absolute atomic E-state index is 5.77. The molecule has 3 rings (SSSR count). The first kappa shape index (κ1) is 10.5. The molecule has 0 fully saturated rings. The van der Waals surface area contributed by atoms with Crippen LogP contribution in [0.3, 0.4) is 0 Å². The summed E-state index contributed by atoms with van der Waals surface area (Å²) in [5.41, 5.74) is 9.51. The van der Waals surface area contributed by atoms with E-state index in [9.17, 15) is 0 Å². The first-order valence-corrected chi connectivity index (χ1v) is 5.66. The van der Waals surface area contributed by atoms with Crippen LogP contribution in [0.1, 0.15) is 0 Å². The minimum atomic E-state index is 0.410. The molecule has 0 radical (unpaired) electrons. The molecular weight excluding hydrogens is 224 g/mol. The number of nitrogen functional groups attached to an aromatic ring is 1. The molecule has 4 nitrogen and oxygen atoms in total. The smallest absolute Gasteiger partial charge is 0.198 e. The van der Waals surface area contributed by atoms with E-state index in [0.717, 1.165) is 22.5 Å². The number of hydrogen-bond acceptors (Lipinski definition) is 3. The number of benzene rings is 1. The van der Waals surface area contributed by atoms with E-state index in [1.54, 1.807) is 12.4 Å². The van der Waals surface area contributed by atoms with Crippen LogP contribution in [-0.2, 0) is 0 Å². The SMILES string of the molecule is Nc1nc(-c2cccnc2)c(-c2ccccc2)[nH]1. The van der Waals surface area contributed by atoms with E-state index in [1.165, 1.54) is 0 Å². The van der Waals surface area contributed by atoms with Gasteiger partial charge in [-0.2, -0.15) is 0 Å². The standard InChI is InChI=1S/C14H12N4/c15-14-17-12(10-5-2-1-3-6-10)13(18-14)11-7-4-8-16-9-11/h1-9H,(H3,15,17,18). The third kappa shape index (κ3) is 1.84. The van der Waals surface area contributed by atoms with Crippen LogP contribution >= 0.6 is 0 Å². The van der Waals surface area contributed by atoms with Crippen molar-refractivity contribution in [2.45, 2.75) is 0 Å². The van der Waals surface area contributed by atoms with Gasteiger partial charge < -0.3 is 10.7 Å². The summed E-state index contributed by atoms with van der Waals surface area (Å²) in [4.78, 5) is 11.5. The molecule has 2 heterocycles. The largest absolute Gasteiger partial charge is 0.369 e. The van der Waals surface area contributed by atoms with Gasteiger partial charge in [-0.3, -0.25) is 4.98 Å². The maximum Gasteiger partial charge on any atom is 0.198 e. The van der Waals surface area contributed by atoms with E-state index < -0.39 is 0 Å². The summed E-state index contributed by atoms with van der Waals surface area (Å²) in [6.45, 7) is 0. The number of nitrogens with two attached hydrogens (primary N) is 1. The highest BCUT2D eigenvalue weighted by Gasteiger charge is 2.12. The van der Waals surface area contributed by atoms with Gasteiger partial charge in [0.15, 0.2) is 5.95 Å². The molecule has 0 atom stereocenters. The van der Waals surface area contributed by atoms with Gasteiger partial charge in [0.2, 0.25) is 0 Å². The maximum atomic E-state index is 5.77.